The number of benzene rings is 1. The Labute approximate surface area is 150 Å². The van der Waals surface area contributed by atoms with E-state index in [9.17, 15) is 13.6 Å². The summed E-state index contributed by atoms with van der Waals surface area (Å²) in [5.41, 5.74) is 0.198. The lowest BCUT2D eigenvalue weighted by Crippen LogP contribution is -2.23. The third-order valence-corrected chi connectivity index (χ3v) is 5.18. The van der Waals surface area contributed by atoms with Crippen LogP contribution < -0.4 is 10.1 Å². The van der Waals surface area contributed by atoms with Crippen LogP contribution in [0.5, 0.6) is 5.75 Å². The van der Waals surface area contributed by atoms with E-state index in [-0.39, 0.29) is 17.3 Å². The topological polar surface area (TPSA) is 64.1 Å². The summed E-state index contributed by atoms with van der Waals surface area (Å²) in [7, 11) is 0. The third-order valence-electron chi connectivity index (χ3n) is 3.24. The molecule has 0 aliphatic carbocycles. The molecule has 0 spiro atoms. The number of nitrogens with zero attached hydrogens (tertiary/aromatic N) is 2. The van der Waals surface area contributed by atoms with Gasteiger partial charge in [-0.15, -0.1) is 11.3 Å². The molecule has 0 saturated heterocycles. The first-order valence-corrected chi connectivity index (χ1v) is 9.00. The van der Waals surface area contributed by atoms with Crippen LogP contribution in [-0.2, 0) is 4.79 Å². The molecule has 25 heavy (non-hydrogen) atoms. The van der Waals surface area contributed by atoms with Crippen molar-refractivity contribution in [3.63, 3.8) is 0 Å². The van der Waals surface area contributed by atoms with E-state index in [1.54, 1.807) is 19.1 Å². The fourth-order valence-electron chi connectivity index (χ4n) is 2.09. The fourth-order valence-corrected chi connectivity index (χ4v) is 3.78. The minimum atomic E-state index is -2.96. The maximum Gasteiger partial charge on any atom is 0.387 e. The summed E-state index contributed by atoms with van der Waals surface area (Å²) < 4.78 is 29.3. The highest BCUT2D eigenvalue weighted by Crippen LogP contribution is 2.31. The molecule has 9 heteroatoms. The van der Waals surface area contributed by atoms with Crippen LogP contribution in [0.15, 0.2) is 47.1 Å². The number of anilines is 1. The molecule has 5 nitrogen and oxygen atoms in total. The SMILES string of the molecule is C[C@@H](Sc1ncnc2sccc12)C(=O)Nc1ccccc1OC(F)F. The van der Waals surface area contributed by atoms with E-state index in [1.807, 2.05) is 11.4 Å². The number of carbonyl (C=O) groups is 1. The van der Waals surface area contributed by atoms with E-state index in [1.165, 1.54) is 41.6 Å². The Morgan fingerprint density at radius 2 is 2.08 bits per heavy atom. The van der Waals surface area contributed by atoms with Gasteiger partial charge in [-0.25, -0.2) is 9.97 Å². The van der Waals surface area contributed by atoms with Crippen LogP contribution in [-0.4, -0.2) is 27.7 Å². The molecule has 1 amide bonds. The van der Waals surface area contributed by atoms with Crippen LogP contribution in [0.1, 0.15) is 6.92 Å². The summed E-state index contributed by atoms with van der Waals surface area (Å²) in [5.74, 6) is -0.414. The average Bonchev–Trinajstić information content (AvgIpc) is 3.06. The van der Waals surface area contributed by atoms with Crippen LogP contribution in [0.3, 0.4) is 0 Å². The molecule has 0 unspecified atom stereocenters. The van der Waals surface area contributed by atoms with E-state index in [0.29, 0.717) is 5.03 Å². The number of nitrogens with one attached hydrogen (secondary N) is 1. The highest BCUT2D eigenvalue weighted by Gasteiger charge is 2.19. The van der Waals surface area contributed by atoms with Crippen molar-refractivity contribution in [1.29, 1.82) is 0 Å². The van der Waals surface area contributed by atoms with Gasteiger partial charge >= 0.3 is 6.61 Å². The Kier molecular flexibility index (Phi) is 5.44. The lowest BCUT2D eigenvalue weighted by atomic mass is 10.3. The van der Waals surface area contributed by atoms with Crippen LogP contribution in [0, 0.1) is 0 Å². The van der Waals surface area contributed by atoms with Crippen molar-refractivity contribution in [1.82, 2.24) is 9.97 Å². The molecule has 130 valence electrons. The van der Waals surface area contributed by atoms with E-state index in [0.717, 1.165) is 10.2 Å². The molecule has 1 aromatic carbocycles. The molecule has 2 aromatic heterocycles. The first-order chi connectivity index (χ1) is 12.0. The maximum atomic E-state index is 12.4. The molecule has 3 aromatic rings. The van der Waals surface area contributed by atoms with Crippen LogP contribution in [0.25, 0.3) is 10.2 Å². The maximum absolute atomic E-state index is 12.4. The molecule has 0 aliphatic rings. The molecule has 1 N–H and O–H groups in total. The second-order valence-electron chi connectivity index (χ2n) is 4.94. The minimum Gasteiger partial charge on any atom is -0.433 e. The lowest BCUT2D eigenvalue weighted by Gasteiger charge is -2.14. The van der Waals surface area contributed by atoms with Crippen LogP contribution in [0.4, 0.5) is 14.5 Å². The van der Waals surface area contributed by atoms with Gasteiger partial charge in [-0.2, -0.15) is 8.78 Å². The van der Waals surface area contributed by atoms with Crippen molar-refractivity contribution in [3.8, 4) is 5.75 Å². The number of aromatic nitrogens is 2. The Hall–Kier alpha value is -2.26. The number of thioether (sulfide) groups is 1. The lowest BCUT2D eigenvalue weighted by molar-refractivity contribution is -0.115. The van der Waals surface area contributed by atoms with Gasteiger partial charge < -0.3 is 10.1 Å². The summed E-state index contributed by atoms with van der Waals surface area (Å²) >= 11 is 2.77. The standard InChI is InChI=1S/C16H13F2N3O2S2/c1-9(25-15-10-6-7-24-14(10)19-8-20-15)13(22)21-11-4-2-3-5-12(11)23-16(17)18/h2-9,16H,1H3,(H,21,22)/t9-/m1/s1. The quantitative estimate of drug-likeness (QED) is 0.506. The number of hydrogen-bond donors (Lipinski definition) is 1. The number of alkyl halides is 2. The number of thiophene rings is 1. The van der Waals surface area contributed by atoms with E-state index < -0.39 is 11.9 Å². The molecule has 0 aliphatic heterocycles. The van der Waals surface area contributed by atoms with Gasteiger partial charge in [0, 0.05) is 5.39 Å². The second-order valence-corrected chi connectivity index (χ2v) is 7.17. The van der Waals surface area contributed by atoms with E-state index >= 15 is 0 Å². The Balaban J connectivity index is 1.72. The highest BCUT2D eigenvalue weighted by atomic mass is 32.2. The van der Waals surface area contributed by atoms with Crippen molar-refractivity contribution >= 4 is 44.9 Å². The third kappa shape index (κ3) is 4.23. The number of halogens is 2. The van der Waals surface area contributed by atoms with Gasteiger partial charge in [-0.1, -0.05) is 23.9 Å². The largest absolute Gasteiger partial charge is 0.433 e. The smallest absolute Gasteiger partial charge is 0.387 e. The summed E-state index contributed by atoms with van der Waals surface area (Å²) in [5, 5.41) is 5.63. The molecule has 0 fully saturated rings. The molecular formula is C16H13F2N3O2S2. The van der Waals surface area contributed by atoms with Crippen LogP contribution in [0.2, 0.25) is 0 Å². The summed E-state index contributed by atoms with van der Waals surface area (Å²) in [6.45, 7) is -1.24. The number of ether oxygens (including phenoxy) is 1. The molecule has 3 rings (SSSR count). The highest BCUT2D eigenvalue weighted by molar-refractivity contribution is 8.00. The number of rotatable bonds is 6. The van der Waals surface area contributed by atoms with Gasteiger partial charge in [-0.05, 0) is 30.5 Å². The molecule has 0 radical (unpaired) electrons. The molecule has 0 saturated carbocycles. The predicted octanol–water partition coefficient (Wildman–Crippen LogP) is 4.41. The number of amides is 1. The molecule has 2 heterocycles. The number of carbonyl (C=O) groups excluding carboxylic acids is 1. The summed E-state index contributed by atoms with van der Waals surface area (Å²) in [6, 6.07) is 7.97. The Morgan fingerprint density at radius 3 is 2.88 bits per heavy atom. The molecule has 1 atom stereocenters. The Morgan fingerprint density at radius 1 is 1.28 bits per heavy atom. The summed E-state index contributed by atoms with van der Waals surface area (Å²) in [4.78, 5) is 21.6. The average molecular weight is 381 g/mol. The zero-order valence-corrected chi connectivity index (χ0v) is 14.6. The van der Waals surface area contributed by atoms with E-state index in [4.69, 9.17) is 0 Å². The molecule has 0 bridgehead atoms. The number of para-hydroxylation sites is 2. The second kappa shape index (κ2) is 7.75. The monoisotopic (exact) mass is 381 g/mol. The predicted molar refractivity (Wildman–Crippen MR) is 94.4 cm³/mol. The van der Waals surface area contributed by atoms with Crippen molar-refractivity contribution in [2.75, 3.05) is 5.32 Å². The van der Waals surface area contributed by atoms with E-state index in [2.05, 4.69) is 20.0 Å². The zero-order valence-electron chi connectivity index (χ0n) is 13.0. The van der Waals surface area contributed by atoms with Gasteiger partial charge in [0.2, 0.25) is 5.91 Å². The van der Waals surface area contributed by atoms with Crippen molar-refractivity contribution in [2.45, 2.75) is 23.8 Å². The van der Waals surface area contributed by atoms with Gasteiger partial charge in [0.25, 0.3) is 0 Å². The van der Waals surface area contributed by atoms with Gasteiger partial charge in [0.05, 0.1) is 10.9 Å². The molecular weight excluding hydrogens is 368 g/mol. The normalized spacial score (nSPS) is 12.3. The van der Waals surface area contributed by atoms with Gasteiger partial charge in [0.1, 0.15) is 21.9 Å². The van der Waals surface area contributed by atoms with Crippen LogP contribution >= 0.6 is 23.1 Å². The summed E-state index contributed by atoms with van der Waals surface area (Å²) in [6.07, 6.45) is 1.46. The number of hydrogen-bond acceptors (Lipinski definition) is 6. The van der Waals surface area contributed by atoms with Crippen molar-refractivity contribution < 1.29 is 18.3 Å². The first-order valence-electron chi connectivity index (χ1n) is 7.24. The zero-order chi connectivity index (χ0) is 17.8. The van der Waals surface area contributed by atoms with Crippen molar-refractivity contribution in [2.24, 2.45) is 0 Å². The van der Waals surface area contributed by atoms with Crippen molar-refractivity contribution in [3.05, 3.63) is 42.0 Å². The van der Waals surface area contributed by atoms with Gasteiger partial charge in [0.15, 0.2) is 0 Å². The number of fused-ring (bicyclic) bond motifs is 1. The first kappa shape index (κ1) is 17.6. The minimum absolute atomic E-state index is 0.0784. The fraction of sp³-hybridized carbons (Fsp3) is 0.188. The Bertz CT molecular complexity index is 888. The van der Waals surface area contributed by atoms with Gasteiger partial charge in [-0.3, -0.25) is 4.79 Å².